The van der Waals surface area contributed by atoms with Gasteiger partial charge in [0.25, 0.3) is 0 Å². The highest BCUT2D eigenvalue weighted by molar-refractivity contribution is 8.32. The number of benzene rings is 1. The minimum Gasteiger partial charge on any atom is -0.360 e. The van der Waals surface area contributed by atoms with Gasteiger partial charge in [-0.25, -0.2) is 20.0 Å². The van der Waals surface area contributed by atoms with E-state index in [9.17, 15) is 5.26 Å². The van der Waals surface area contributed by atoms with E-state index in [4.69, 9.17) is 4.74 Å². The van der Waals surface area contributed by atoms with Crippen LogP contribution in [0.2, 0.25) is 0 Å². The van der Waals surface area contributed by atoms with Crippen molar-refractivity contribution in [1.29, 1.82) is 5.26 Å². The molecule has 0 bridgehead atoms. The van der Waals surface area contributed by atoms with Crippen LogP contribution in [-0.4, -0.2) is 50.6 Å². The van der Waals surface area contributed by atoms with Gasteiger partial charge in [-0.15, -0.1) is 0 Å². The normalized spacial score (nSPS) is 15.2. The van der Waals surface area contributed by atoms with Gasteiger partial charge in [-0.2, -0.15) is 5.26 Å². The van der Waals surface area contributed by atoms with Crippen LogP contribution in [0.15, 0.2) is 61.2 Å². The monoisotopic (exact) mass is 471 g/mol. The van der Waals surface area contributed by atoms with Crippen LogP contribution in [0, 0.1) is 11.3 Å². The van der Waals surface area contributed by atoms with Crippen molar-refractivity contribution in [2.45, 2.75) is 25.0 Å². The molecule has 3 heterocycles. The molecule has 3 aromatic heterocycles. The molecule has 0 saturated carbocycles. The Morgan fingerprint density at radius 3 is 2.53 bits per heavy atom. The summed E-state index contributed by atoms with van der Waals surface area (Å²) in [6.07, 6.45) is 13.6. The quantitative estimate of drug-likeness (QED) is 0.365. The van der Waals surface area contributed by atoms with Crippen molar-refractivity contribution >= 4 is 21.1 Å². The molecule has 0 spiro atoms. The van der Waals surface area contributed by atoms with E-state index in [1.165, 1.54) is 11.1 Å². The standard InChI is InChI=1S/C27H29N5OS/c1-34(2,3)13-12-33-19-32-11-9-23-25(30-18-31-26(23)32)20-8-10-29-24(14-20)27(17-28)15-21-6-4-5-7-22(21)16-27/h4-11,14,18H,12-13,15-16,19H2,1-3H3. The van der Waals surface area contributed by atoms with Gasteiger partial charge in [0, 0.05) is 29.1 Å². The Morgan fingerprint density at radius 2 is 1.82 bits per heavy atom. The fraction of sp³-hybridized carbons (Fsp3) is 0.333. The number of aromatic nitrogens is 4. The summed E-state index contributed by atoms with van der Waals surface area (Å²) in [4.78, 5) is 13.8. The summed E-state index contributed by atoms with van der Waals surface area (Å²) < 4.78 is 7.95. The maximum atomic E-state index is 10.2. The largest absolute Gasteiger partial charge is 0.360 e. The lowest BCUT2D eigenvalue weighted by atomic mass is 9.82. The first-order valence-corrected chi connectivity index (χ1v) is 14.4. The molecule has 5 rings (SSSR count). The Bertz CT molecular complexity index is 1360. The van der Waals surface area contributed by atoms with E-state index < -0.39 is 15.4 Å². The van der Waals surface area contributed by atoms with Gasteiger partial charge < -0.3 is 9.30 Å². The second kappa shape index (κ2) is 8.86. The molecule has 34 heavy (non-hydrogen) atoms. The van der Waals surface area contributed by atoms with Crippen molar-refractivity contribution in [3.05, 3.63) is 78.0 Å². The molecule has 174 valence electrons. The van der Waals surface area contributed by atoms with E-state index in [0.717, 1.165) is 40.3 Å². The summed E-state index contributed by atoms with van der Waals surface area (Å²) in [5.74, 6) is 1.08. The van der Waals surface area contributed by atoms with Crippen LogP contribution in [0.25, 0.3) is 22.3 Å². The van der Waals surface area contributed by atoms with Crippen molar-refractivity contribution in [2.24, 2.45) is 0 Å². The Hall–Kier alpha value is -3.21. The summed E-state index contributed by atoms with van der Waals surface area (Å²) in [6.45, 7) is 1.20. The predicted octanol–water partition coefficient (Wildman–Crippen LogP) is 4.72. The van der Waals surface area contributed by atoms with E-state index in [0.29, 0.717) is 19.6 Å². The van der Waals surface area contributed by atoms with E-state index in [-0.39, 0.29) is 0 Å². The molecule has 1 aromatic carbocycles. The molecule has 0 fully saturated rings. The second-order valence-electron chi connectivity index (χ2n) is 9.82. The molecule has 1 aliphatic carbocycles. The number of hydrogen-bond donors (Lipinski definition) is 0. The third-order valence-electron chi connectivity index (χ3n) is 6.47. The van der Waals surface area contributed by atoms with Gasteiger partial charge in [-0.05, 0) is 60.9 Å². The molecule has 0 N–H and O–H groups in total. The molecule has 0 saturated heterocycles. The fourth-order valence-electron chi connectivity index (χ4n) is 4.58. The fourth-order valence-corrected chi connectivity index (χ4v) is 5.20. The van der Waals surface area contributed by atoms with Crippen molar-refractivity contribution in [1.82, 2.24) is 19.5 Å². The first-order chi connectivity index (χ1) is 16.4. The van der Waals surface area contributed by atoms with Gasteiger partial charge in [0.05, 0.1) is 24.1 Å². The Balaban J connectivity index is 1.44. The highest BCUT2D eigenvalue weighted by Gasteiger charge is 2.40. The minimum atomic E-state index is -0.652. The van der Waals surface area contributed by atoms with E-state index in [2.05, 4.69) is 51.9 Å². The zero-order valence-electron chi connectivity index (χ0n) is 19.9. The van der Waals surface area contributed by atoms with Crippen molar-refractivity contribution in [3.63, 3.8) is 0 Å². The molecule has 7 heteroatoms. The van der Waals surface area contributed by atoms with Crippen LogP contribution in [0.1, 0.15) is 16.8 Å². The third kappa shape index (κ3) is 4.31. The Morgan fingerprint density at radius 1 is 1.06 bits per heavy atom. The zero-order valence-corrected chi connectivity index (χ0v) is 20.7. The molecule has 6 nitrogen and oxygen atoms in total. The van der Waals surface area contributed by atoms with Gasteiger partial charge in [0.15, 0.2) is 0 Å². The molecular weight excluding hydrogens is 442 g/mol. The number of rotatable bonds is 7. The maximum Gasteiger partial charge on any atom is 0.145 e. The molecular formula is C27H29N5OS. The average Bonchev–Trinajstić information content (AvgIpc) is 3.43. The van der Waals surface area contributed by atoms with Crippen LogP contribution in [0.3, 0.4) is 0 Å². The molecule has 0 aliphatic heterocycles. The number of nitriles is 1. The van der Waals surface area contributed by atoms with Gasteiger partial charge in [0.1, 0.15) is 24.1 Å². The average molecular weight is 472 g/mol. The maximum absolute atomic E-state index is 10.2. The Labute approximate surface area is 202 Å². The third-order valence-corrected chi connectivity index (χ3v) is 7.86. The van der Waals surface area contributed by atoms with Crippen molar-refractivity contribution in [2.75, 3.05) is 31.1 Å². The Kier molecular flexibility index (Phi) is 5.88. The van der Waals surface area contributed by atoms with Crippen LogP contribution in [0.5, 0.6) is 0 Å². The van der Waals surface area contributed by atoms with E-state index in [1.807, 2.05) is 41.1 Å². The summed E-state index contributed by atoms with van der Waals surface area (Å²) in [7, 11) is -0.575. The lowest BCUT2D eigenvalue weighted by Gasteiger charge is -2.24. The molecule has 1 aliphatic rings. The summed E-state index contributed by atoms with van der Waals surface area (Å²) in [5.41, 5.74) is 5.23. The molecule has 0 unspecified atom stereocenters. The number of fused-ring (bicyclic) bond motifs is 2. The van der Waals surface area contributed by atoms with Crippen LogP contribution in [-0.2, 0) is 29.7 Å². The smallest absolute Gasteiger partial charge is 0.145 e. The van der Waals surface area contributed by atoms with Gasteiger partial charge >= 0.3 is 0 Å². The van der Waals surface area contributed by atoms with Gasteiger partial charge in [-0.3, -0.25) is 4.98 Å². The number of ether oxygens (including phenoxy) is 1. The number of hydrogen-bond acceptors (Lipinski definition) is 5. The molecule has 0 atom stereocenters. The number of nitrogens with zero attached hydrogens (tertiary/aromatic N) is 5. The van der Waals surface area contributed by atoms with Crippen LogP contribution < -0.4 is 0 Å². The van der Waals surface area contributed by atoms with Gasteiger partial charge in [-0.1, -0.05) is 24.3 Å². The molecule has 4 aromatic rings. The number of pyridine rings is 1. The van der Waals surface area contributed by atoms with E-state index in [1.54, 1.807) is 12.5 Å². The summed E-state index contributed by atoms with van der Waals surface area (Å²) >= 11 is 0. The van der Waals surface area contributed by atoms with Crippen LogP contribution in [0.4, 0.5) is 0 Å². The highest BCUT2D eigenvalue weighted by atomic mass is 32.3. The SMILES string of the molecule is CS(C)(C)CCOCn1ccc2c(-c3ccnc(C4(C#N)Cc5ccccc5C4)c3)ncnc21. The second-order valence-corrected chi connectivity index (χ2v) is 14.4. The summed E-state index contributed by atoms with van der Waals surface area (Å²) in [5, 5.41) is 11.2. The predicted molar refractivity (Wildman–Crippen MR) is 138 cm³/mol. The van der Waals surface area contributed by atoms with E-state index >= 15 is 0 Å². The van der Waals surface area contributed by atoms with Crippen molar-refractivity contribution in [3.8, 4) is 17.3 Å². The first-order valence-electron chi connectivity index (χ1n) is 11.4. The van der Waals surface area contributed by atoms with Crippen LogP contribution >= 0.6 is 10.0 Å². The molecule has 0 amide bonds. The van der Waals surface area contributed by atoms with Gasteiger partial charge in [0.2, 0.25) is 0 Å². The lowest BCUT2D eigenvalue weighted by molar-refractivity contribution is 0.0923. The first kappa shape index (κ1) is 22.6. The zero-order chi connectivity index (χ0) is 23.8. The topological polar surface area (TPSA) is 76.6 Å². The summed E-state index contributed by atoms with van der Waals surface area (Å²) in [6, 6.07) is 16.9. The minimum absolute atomic E-state index is 0.465. The molecule has 0 radical (unpaired) electrons. The lowest BCUT2D eigenvalue weighted by Crippen LogP contribution is -2.26. The highest BCUT2D eigenvalue weighted by Crippen LogP contribution is 2.40. The van der Waals surface area contributed by atoms with Crippen molar-refractivity contribution < 1.29 is 4.74 Å².